The molecule has 5 nitrogen and oxygen atoms in total. The second kappa shape index (κ2) is 8.48. The number of nitrogens with zero attached hydrogens (tertiary/aromatic N) is 2. The molecule has 130 valence electrons. The standard InChI is InChI=1S/C19H21N3O2S/c1-2-22(15-8-4-3-5-9-15)12-7-11-20-19(23)16-14-17(24-21-16)18-10-6-13-25-18/h3-6,8-10,13-14H,2,7,11-12H2,1H3,(H,20,23). The van der Waals surface area contributed by atoms with Gasteiger partial charge in [-0.3, -0.25) is 4.79 Å². The highest BCUT2D eigenvalue weighted by atomic mass is 32.1. The first-order valence-corrected chi connectivity index (χ1v) is 9.24. The van der Waals surface area contributed by atoms with Crippen molar-refractivity contribution in [3.63, 3.8) is 0 Å². The van der Waals surface area contributed by atoms with Gasteiger partial charge in [0.05, 0.1) is 4.88 Å². The van der Waals surface area contributed by atoms with Gasteiger partial charge in [-0.1, -0.05) is 29.4 Å². The molecule has 0 fully saturated rings. The average Bonchev–Trinajstić information content (AvgIpc) is 3.33. The summed E-state index contributed by atoms with van der Waals surface area (Å²) >= 11 is 1.56. The number of hydrogen-bond donors (Lipinski definition) is 1. The lowest BCUT2D eigenvalue weighted by Gasteiger charge is -2.23. The Morgan fingerprint density at radius 1 is 1.24 bits per heavy atom. The molecule has 0 spiro atoms. The van der Waals surface area contributed by atoms with Crippen LogP contribution in [-0.2, 0) is 0 Å². The zero-order valence-corrected chi connectivity index (χ0v) is 15.0. The topological polar surface area (TPSA) is 58.4 Å². The van der Waals surface area contributed by atoms with Gasteiger partial charge < -0.3 is 14.7 Å². The second-order valence-electron chi connectivity index (χ2n) is 5.58. The Bertz CT molecular complexity index is 784. The molecule has 0 radical (unpaired) electrons. The smallest absolute Gasteiger partial charge is 0.273 e. The predicted molar refractivity (Wildman–Crippen MR) is 101 cm³/mol. The van der Waals surface area contributed by atoms with Crippen LogP contribution in [0.1, 0.15) is 23.8 Å². The summed E-state index contributed by atoms with van der Waals surface area (Å²) < 4.78 is 5.24. The maximum Gasteiger partial charge on any atom is 0.273 e. The summed E-state index contributed by atoms with van der Waals surface area (Å²) in [6, 6.07) is 15.9. The maximum atomic E-state index is 12.2. The van der Waals surface area contributed by atoms with E-state index in [9.17, 15) is 4.79 Å². The van der Waals surface area contributed by atoms with Crippen molar-refractivity contribution in [2.75, 3.05) is 24.5 Å². The van der Waals surface area contributed by atoms with Crippen molar-refractivity contribution < 1.29 is 9.32 Å². The maximum absolute atomic E-state index is 12.2. The molecule has 25 heavy (non-hydrogen) atoms. The molecule has 0 aliphatic heterocycles. The Morgan fingerprint density at radius 2 is 2.08 bits per heavy atom. The number of benzene rings is 1. The van der Waals surface area contributed by atoms with Crippen molar-refractivity contribution in [3.05, 3.63) is 59.6 Å². The summed E-state index contributed by atoms with van der Waals surface area (Å²) in [4.78, 5) is 15.4. The normalized spacial score (nSPS) is 10.6. The van der Waals surface area contributed by atoms with Crippen LogP contribution in [0.5, 0.6) is 0 Å². The van der Waals surface area contributed by atoms with Crippen LogP contribution in [0, 0.1) is 0 Å². The molecule has 0 atom stereocenters. The van der Waals surface area contributed by atoms with E-state index in [1.54, 1.807) is 17.4 Å². The Balaban J connectivity index is 1.46. The fourth-order valence-electron chi connectivity index (χ4n) is 2.59. The molecule has 0 unspecified atom stereocenters. The van der Waals surface area contributed by atoms with Crippen molar-refractivity contribution >= 4 is 22.9 Å². The number of aromatic nitrogens is 1. The van der Waals surface area contributed by atoms with E-state index in [0.717, 1.165) is 24.4 Å². The van der Waals surface area contributed by atoms with Gasteiger partial charge in [-0.25, -0.2) is 0 Å². The fraction of sp³-hybridized carbons (Fsp3) is 0.263. The number of nitrogens with one attached hydrogen (secondary N) is 1. The van der Waals surface area contributed by atoms with E-state index in [4.69, 9.17) is 4.52 Å². The molecule has 2 aromatic heterocycles. The van der Waals surface area contributed by atoms with Gasteiger partial charge in [0.2, 0.25) is 0 Å². The molecule has 0 saturated heterocycles. The second-order valence-corrected chi connectivity index (χ2v) is 6.53. The first-order valence-electron chi connectivity index (χ1n) is 8.36. The van der Waals surface area contributed by atoms with Crippen LogP contribution in [0.2, 0.25) is 0 Å². The minimum absolute atomic E-state index is 0.200. The molecule has 6 heteroatoms. The first-order chi connectivity index (χ1) is 12.3. The number of hydrogen-bond acceptors (Lipinski definition) is 5. The van der Waals surface area contributed by atoms with Crippen molar-refractivity contribution in [1.29, 1.82) is 0 Å². The largest absolute Gasteiger partial charge is 0.372 e. The highest BCUT2D eigenvalue weighted by Gasteiger charge is 2.14. The molecule has 2 heterocycles. The highest BCUT2D eigenvalue weighted by molar-refractivity contribution is 7.13. The number of carbonyl (C=O) groups excluding carboxylic acids is 1. The molecule has 0 saturated carbocycles. The lowest BCUT2D eigenvalue weighted by molar-refractivity contribution is 0.0944. The van der Waals surface area contributed by atoms with E-state index < -0.39 is 0 Å². The lowest BCUT2D eigenvalue weighted by atomic mass is 10.2. The average molecular weight is 355 g/mol. The summed E-state index contributed by atoms with van der Waals surface area (Å²) in [7, 11) is 0. The van der Waals surface area contributed by atoms with E-state index in [-0.39, 0.29) is 5.91 Å². The summed E-state index contributed by atoms with van der Waals surface area (Å²) in [6.07, 6.45) is 0.865. The molecule has 1 aromatic carbocycles. The van der Waals surface area contributed by atoms with Crippen molar-refractivity contribution in [2.45, 2.75) is 13.3 Å². The number of anilines is 1. The van der Waals surface area contributed by atoms with E-state index in [1.807, 2.05) is 35.7 Å². The summed E-state index contributed by atoms with van der Waals surface area (Å²) in [5, 5.41) is 8.72. The summed E-state index contributed by atoms with van der Waals surface area (Å²) in [5.74, 6) is 0.427. The van der Waals surface area contributed by atoms with E-state index in [2.05, 4.69) is 34.4 Å². The van der Waals surface area contributed by atoms with Gasteiger partial charge in [0, 0.05) is 31.4 Å². The third-order valence-electron chi connectivity index (χ3n) is 3.90. The number of amides is 1. The van der Waals surface area contributed by atoms with Crippen molar-refractivity contribution in [1.82, 2.24) is 10.5 Å². The monoisotopic (exact) mass is 355 g/mol. The lowest BCUT2D eigenvalue weighted by Crippen LogP contribution is -2.30. The number of thiophene rings is 1. The number of carbonyl (C=O) groups is 1. The van der Waals surface area contributed by atoms with E-state index in [1.165, 1.54) is 5.69 Å². The predicted octanol–water partition coefficient (Wildman–Crippen LogP) is 4.05. The van der Waals surface area contributed by atoms with Crippen LogP contribution in [0.4, 0.5) is 5.69 Å². The molecule has 1 N–H and O–H groups in total. The van der Waals surface area contributed by atoms with Crippen LogP contribution < -0.4 is 10.2 Å². The molecule has 0 aliphatic carbocycles. The van der Waals surface area contributed by atoms with Crippen LogP contribution in [0.3, 0.4) is 0 Å². The molecule has 3 aromatic rings. The molecule has 0 aliphatic rings. The molecule has 3 rings (SSSR count). The van der Waals surface area contributed by atoms with E-state index in [0.29, 0.717) is 18.0 Å². The van der Waals surface area contributed by atoms with Gasteiger partial charge in [-0.05, 0) is 36.9 Å². The van der Waals surface area contributed by atoms with Gasteiger partial charge in [-0.15, -0.1) is 11.3 Å². The molecule has 1 amide bonds. The Kier molecular flexibility index (Phi) is 5.85. The van der Waals surface area contributed by atoms with Crippen LogP contribution in [0.15, 0.2) is 58.4 Å². The van der Waals surface area contributed by atoms with Crippen molar-refractivity contribution in [3.8, 4) is 10.6 Å². The minimum Gasteiger partial charge on any atom is -0.372 e. The van der Waals surface area contributed by atoms with Gasteiger partial charge in [-0.2, -0.15) is 0 Å². The summed E-state index contributed by atoms with van der Waals surface area (Å²) in [5.41, 5.74) is 1.52. The molecule has 0 bridgehead atoms. The SMILES string of the molecule is CCN(CCCNC(=O)c1cc(-c2cccs2)on1)c1ccccc1. The van der Waals surface area contributed by atoms with Gasteiger partial charge in [0.25, 0.3) is 5.91 Å². The van der Waals surface area contributed by atoms with Gasteiger partial charge in [0.1, 0.15) is 0 Å². The first kappa shape index (κ1) is 17.2. The third kappa shape index (κ3) is 4.48. The quantitative estimate of drug-likeness (QED) is 0.619. The number of para-hydroxylation sites is 1. The summed E-state index contributed by atoms with van der Waals surface area (Å²) in [6.45, 7) is 4.56. The molecular weight excluding hydrogens is 334 g/mol. The number of rotatable bonds is 8. The minimum atomic E-state index is -0.200. The van der Waals surface area contributed by atoms with Crippen LogP contribution in [0.25, 0.3) is 10.6 Å². The fourth-order valence-corrected chi connectivity index (χ4v) is 3.26. The zero-order valence-electron chi connectivity index (χ0n) is 14.1. The van der Waals surface area contributed by atoms with Gasteiger partial charge in [0.15, 0.2) is 11.5 Å². The highest BCUT2D eigenvalue weighted by Crippen LogP contribution is 2.25. The van der Waals surface area contributed by atoms with Crippen LogP contribution >= 0.6 is 11.3 Å². The Labute approximate surface area is 151 Å². The molecular formula is C19H21N3O2S. The Morgan fingerprint density at radius 3 is 2.80 bits per heavy atom. The Hall–Kier alpha value is -2.60. The van der Waals surface area contributed by atoms with E-state index >= 15 is 0 Å². The van der Waals surface area contributed by atoms with Crippen molar-refractivity contribution in [2.24, 2.45) is 0 Å². The van der Waals surface area contributed by atoms with Gasteiger partial charge >= 0.3 is 0 Å². The van der Waals surface area contributed by atoms with Crippen LogP contribution in [-0.4, -0.2) is 30.7 Å². The zero-order chi connectivity index (χ0) is 17.5. The third-order valence-corrected chi connectivity index (χ3v) is 4.78.